The van der Waals surface area contributed by atoms with Gasteiger partial charge in [-0.05, 0) is 48.9 Å². The molecule has 3 aromatic carbocycles. The summed E-state index contributed by atoms with van der Waals surface area (Å²) >= 11 is 0. The van der Waals surface area contributed by atoms with E-state index in [-0.39, 0.29) is 10.6 Å². The Morgan fingerprint density at radius 3 is 1.92 bits per heavy atom. The number of methoxy groups -OCH3 is 3. The quantitative estimate of drug-likeness (QED) is 0.344. The molecule has 1 aliphatic rings. The highest BCUT2D eigenvalue weighted by molar-refractivity contribution is 7.89. The molecule has 0 radical (unpaired) electrons. The number of sulfonamides is 1. The lowest BCUT2D eigenvalue weighted by atomic mass is 9.75. The fourth-order valence-electron chi connectivity index (χ4n) is 4.33. The molecule has 0 N–H and O–H groups in total. The van der Waals surface area contributed by atoms with Crippen LogP contribution in [0.5, 0.6) is 5.75 Å². The van der Waals surface area contributed by atoms with Gasteiger partial charge in [0.2, 0.25) is 10.0 Å². The second kappa shape index (κ2) is 10.2. The van der Waals surface area contributed by atoms with E-state index in [1.807, 2.05) is 6.92 Å². The van der Waals surface area contributed by atoms with Crippen LogP contribution in [-0.4, -0.2) is 57.2 Å². The topological polar surface area (TPSA) is 112 Å². The lowest BCUT2D eigenvalue weighted by Gasteiger charge is -2.53. The summed E-state index contributed by atoms with van der Waals surface area (Å²) in [5.74, 6) is -1.68. The average Bonchev–Trinajstić information content (AvgIpc) is 2.91. The molecule has 1 atom stereocenters. The van der Waals surface area contributed by atoms with Crippen LogP contribution in [0.15, 0.2) is 88.8 Å². The van der Waals surface area contributed by atoms with Gasteiger partial charge < -0.3 is 14.2 Å². The van der Waals surface area contributed by atoms with Crippen molar-refractivity contribution in [3.8, 4) is 5.75 Å². The van der Waals surface area contributed by atoms with Gasteiger partial charge in [0.05, 0.1) is 43.7 Å². The lowest BCUT2D eigenvalue weighted by Crippen LogP contribution is -2.78. The summed E-state index contributed by atoms with van der Waals surface area (Å²) in [4.78, 5) is 31.3. The Hall–Kier alpha value is -4.02. The zero-order valence-corrected chi connectivity index (χ0v) is 21.6. The van der Waals surface area contributed by atoms with E-state index < -0.39 is 33.5 Å². The van der Waals surface area contributed by atoms with Crippen molar-refractivity contribution in [1.29, 1.82) is 0 Å². The smallest absolute Gasteiger partial charge is 0.345 e. The predicted molar refractivity (Wildman–Crippen MR) is 136 cm³/mol. The first-order chi connectivity index (χ1) is 17.7. The van der Waals surface area contributed by atoms with Crippen LogP contribution in [0.25, 0.3) is 0 Å². The number of carbonyl (C=O) groups excluding carboxylic acids is 2. The summed E-state index contributed by atoms with van der Waals surface area (Å²) in [6.45, 7) is 1.82. The van der Waals surface area contributed by atoms with Crippen LogP contribution >= 0.6 is 0 Å². The number of hydrogen-bond acceptors (Lipinski definition) is 8. The van der Waals surface area contributed by atoms with Crippen LogP contribution in [0.2, 0.25) is 0 Å². The fraction of sp³-hybridized carbons (Fsp3) is 0.222. The van der Waals surface area contributed by atoms with Gasteiger partial charge in [0, 0.05) is 0 Å². The highest BCUT2D eigenvalue weighted by Crippen LogP contribution is 2.50. The van der Waals surface area contributed by atoms with Crippen LogP contribution in [0, 0.1) is 6.92 Å². The summed E-state index contributed by atoms with van der Waals surface area (Å²) < 4.78 is 44.2. The molecule has 9 nitrogen and oxygen atoms in total. The molecule has 0 aliphatic carbocycles. The van der Waals surface area contributed by atoms with Crippen LogP contribution in [0.3, 0.4) is 0 Å². The Balaban J connectivity index is 2.03. The van der Waals surface area contributed by atoms with E-state index >= 15 is 0 Å². The van der Waals surface area contributed by atoms with Crippen molar-refractivity contribution in [2.75, 3.05) is 21.3 Å². The van der Waals surface area contributed by atoms with E-state index in [9.17, 15) is 18.0 Å². The fourth-order valence-corrected chi connectivity index (χ4v) is 6.14. The minimum absolute atomic E-state index is 0.0433. The van der Waals surface area contributed by atoms with Crippen molar-refractivity contribution in [3.63, 3.8) is 0 Å². The monoisotopic (exact) mass is 522 g/mol. The van der Waals surface area contributed by atoms with Crippen molar-refractivity contribution in [2.24, 2.45) is 4.99 Å². The number of esters is 2. The summed E-state index contributed by atoms with van der Waals surface area (Å²) in [7, 11) is -0.772. The van der Waals surface area contributed by atoms with Gasteiger partial charge in [-0.2, -0.15) is 4.31 Å². The molecule has 37 heavy (non-hydrogen) atoms. The normalized spacial score (nSPS) is 18.1. The Bertz CT molecular complexity index is 1420. The first-order valence-corrected chi connectivity index (χ1v) is 12.7. The average molecular weight is 523 g/mol. The number of benzene rings is 3. The summed E-state index contributed by atoms with van der Waals surface area (Å²) in [6.07, 6.45) is 0. The SMILES string of the molecule is COC(=O)C1(C(=O)OC)C(=Nc2ccc(OC)cc2)C(c2ccccc2)N1S(=O)(=O)c1ccc(C)cc1. The molecule has 10 heteroatoms. The number of aliphatic imine (C=N–C) groups is 1. The molecular formula is C27H26N2O7S. The molecular weight excluding hydrogens is 496 g/mol. The Labute approximate surface area is 215 Å². The van der Waals surface area contributed by atoms with Crippen molar-refractivity contribution < 1.29 is 32.2 Å². The third-order valence-corrected chi connectivity index (χ3v) is 8.04. The molecule has 0 spiro atoms. The van der Waals surface area contributed by atoms with Gasteiger partial charge in [0.15, 0.2) is 0 Å². The van der Waals surface area contributed by atoms with Crippen LogP contribution in [0.1, 0.15) is 17.2 Å². The number of rotatable bonds is 7. The molecule has 1 aliphatic heterocycles. The molecule has 1 saturated heterocycles. The van der Waals surface area contributed by atoms with Gasteiger partial charge in [-0.3, -0.25) is 4.99 Å². The third kappa shape index (κ3) is 4.28. The molecule has 0 saturated carbocycles. The Morgan fingerprint density at radius 2 is 1.41 bits per heavy atom. The number of nitrogens with zero attached hydrogens (tertiary/aromatic N) is 2. The predicted octanol–water partition coefficient (Wildman–Crippen LogP) is 3.61. The summed E-state index contributed by atoms with van der Waals surface area (Å²) in [5.41, 5.74) is -0.794. The van der Waals surface area contributed by atoms with Crippen molar-refractivity contribution in [1.82, 2.24) is 4.31 Å². The molecule has 4 rings (SSSR count). The first kappa shape index (κ1) is 26.1. The van der Waals surface area contributed by atoms with Crippen LogP contribution < -0.4 is 4.74 Å². The highest BCUT2D eigenvalue weighted by atomic mass is 32.2. The number of hydrogen-bond donors (Lipinski definition) is 0. The van der Waals surface area contributed by atoms with E-state index in [2.05, 4.69) is 4.99 Å². The van der Waals surface area contributed by atoms with E-state index in [0.29, 0.717) is 17.0 Å². The first-order valence-electron chi connectivity index (χ1n) is 11.3. The van der Waals surface area contributed by atoms with Crippen LogP contribution in [0.4, 0.5) is 5.69 Å². The molecule has 1 unspecified atom stereocenters. The van der Waals surface area contributed by atoms with E-state index in [1.165, 1.54) is 19.2 Å². The summed E-state index contributed by atoms with van der Waals surface area (Å²) in [6, 6.07) is 20.2. The molecule has 3 aromatic rings. The zero-order chi connectivity index (χ0) is 26.8. The third-order valence-electron chi connectivity index (χ3n) is 6.17. The molecule has 192 valence electrons. The van der Waals surface area contributed by atoms with E-state index in [1.54, 1.807) is 66.7 Å². The minimum atomic E-state index is -4.44. The second-order valence-electron chi connectivity index (χ2n) is 8.32. The van der Waals surface area contributed by atoms with Gasteiger partial charge in [0.25, 0.3) is 5.54 Å². The van der Waals surface area contributed by atoms with Crippen molar-refractivity contribution in [3.05, 3.63) is 90.0 Å². The molecule has 1 heterocycles. The van der Waals surface area contributed by atoms with Crippen molar-refractivity contribution >= 4 is 33.4 Å². The standard InChI is InChI=1S/C27H26N2O7S/c1-18-10-16-22(17-11-18)37(32,33)29-23(19-8-6-5-7-9-19)24(27(29,25(30)35-3)26(31)36-4)28-20-12-14-21(34-2)15-13-20/h5-17,23H,1-4H3. The van der Waals surface area contributed by atoms with E-state index in [4.69, 9.17) is 14.2 Å². The maximum Gasteiger partial charge on any atom is 0.345 e. The lowest BCUT2D eigenvalue weighted by molar-refractivity contribution is -0.166. The van der Waals surface area contributed by atoms with Gasteiger partial charge in [-0.25, -0.2) is 18.0 Å². The second-order valence-corrected chi connectivity index (χ2v) is 10.1. The summed E-state index contributed by atoms with van der Waals surface area (Å²) in [5, 5.41) is 0. The van der Waals surface area contributed by atoms with Gasteiger partial charge in [-0.1, -0.05) is 48.0 Å². The number of aryl methyl sites for hydroxylation is 1. The molecule has 0 aromatic heterocycles. The molecule has 1 fully saturated rings. The zero-order valence-electron chi connectivity index (χ0n) is 20.7. The molecule has 0 amide bonds. The largest absolute Gasteiger partial charge is 0.497 e. The maximum atomic E-state index is 14.1. The van der Waals surface area contributed by atoms with Gasteiger partial charge in [0.1, 0.15) is 5.75 Å². The van der Waals surface area contributed by atoms with Crippen molar-refractivity contribution in [2.45, 2.75) is 23.4 Å². The van der Waals surface area contributed by atoms with Crippen LogP contribution in [-0.2, 0) is 29.1 Å². The van der Waals surface area contributed by atoms with Gasteiger partial charge >= 0.3 is 11.9 Å². The maximum absolute atomic E-state index is 14.1. The number of carbonyl (C=O) groups is 2. The minimum Gasteiger partial charge on any atom is -0.497 e. The number of ether oxygens (including phenoxy) is 3. The highest BCUT2D eigenvalue weighted by Gasteiger charge is 2.74. The molecule has 0 bridgehead atoms. The Morgan fingerprint density at radius 1 is 0.838 bits per heavy atom. The Kier molecular flexibility index (Phi) is 7.15. The van der Waals surface area contributed by atoms with E-state index in [0.717, 1.165) is 24.1 Å². The van der Waals surface area contributed by atoms with Gasteiger partial charge in [-0.15, -0.1) is 0 Å².